The summed E-state index contributed by atoms with van der Waals surface area (Å²) in [5, 5.41) is 0. The van der Waals surface area contributed by atoms with E-state index >= 15 is 0 Å². The Morgan fingerprint density at radius 2 is 2.40 bits per heavy atom. The molecule has 0 fully saturated rings. The minimum atomic E-state index is 0.487. The molecule has 0 radical (unpaired) electrons. The maximum absolute atomic E-state index is 5.26. The Kier molecular flexibility index (Phi) is 4.37. The van der Waals surface area contributed by atoms with E-state index in [0.29, 0.717) is 18.4 Å². The van der Waals surface area contributed by atoms with Crippen LogP contribution in [0.3, 0.4) is 0 Å². The average molecular weight is 270 g/mol. The van der Waals surface area contributed by atoms with Crippen LogP contribution in [0, 0.1) is 12.3 Å². The van der Waals surface area contributed by atoms with E-state index in [1.807, 2.05) is 11.8 Å². The van der Waals surface area contributed by atoms with Crippen LogP contribution in [0.5, 0.6) is 5.88 Å². The van der Waals surface area contributed by atoms with Crippen molar-refractivity contribution in [2.45, 2.75) is 6.92 Å². The Balaban J connectivity index is 2.99. The van der Waals surface area contributed by atoms with E-state index in [4.69, 9.17) is 11.2 Å². The summed E-state index contributed by atoms with van der Waals surface area (Å²) in [6.07, 6.45) is 6.91. The predicted octanol–water partition coefficient (Wildman–Crippen LogP) is 1.71. The molecule has 1 heterocycles. The van der Waals surface area contributed by atoms with Gasteiger partial charge in [-0.1, -0.05) is 5.92 Å². The summed E-state index contributed by atoms with van der Waals surface area (Å²) in [6, 6.07) is 0. The minimum Gasteiger partial charge on any atom is -0.480 e. The van der Waals surface area contributed by atoms with Crippen LogP contribution >= 0.6 is 15.9 Å². The second-order valence-corrected chi connectivity index (χ2v) is 3.60. The number of rotatable bonds is 4. The third-order valence-electron chi connectivity index (χ3n) is 1.84. The third-order valence-corrected chi connectivity index (χ3v) is 2.38. The lowest BCUT2D eigenvalue weighted by Gasteiger charge is -2.18. The van der Waals surface area contributed by atoms with E-state index in [1.165, 1.54) is 0 Å². The maximum atomic E-state index is 5.26. The highest BCUT2D eigenvalue weighted by atomic mass is 79.9. The zero-order valence-electron chi connectivity index (χ0n) is 8.70. The van der Waals surface area contributed by atoms with Crippen LogP contribution in [0.4, 0.5) is 5.95 Å². The van der Waals surface area contributed by atoms with Crippen molar-refractivity contribution < 1.29 is 4.74 Å². The zero-order chi connectivity index (χ0) is 11.3. The molecule has 15 heavy (non-hydrogen) atoms. The van der Waals surface area contributed by atoms with Crippen molar-refractivity contribution in [2.24, 2.45) is 0 Å². The van der Waals surface area contributed by atoms with Gasteiger partial charge in [0.2, 0.25) is 11.8 Å². The highest BCUT2D eigenvalue weighted by Crippen LogP contribution is 2.23. The van der Waals surface area contributed by atoms with Gasteiger partial charge in [0.1, 0.15) is 0 Å². The molecule has 0 saturated carbocycles. The molecule has 80 valence electrons. The number of anilines is 1. The Morgan fingerprint density at radius 1 is 1.67 bits per heavy atom. The molecule has 0 aliphatic carbocycles. The summed E-state index contributed by atoms with van der Waals surface area (Å²) in [7, 11) is 1.56. The number of nitrogens with zero attached hydrogens (tertiary/aromatic N) is 3. The lowest BCUT2D eigenvalue weighted by atomic mass is 10.5. The normalized spacial score (nSPS) is 9.47. The summed E-state index contributed by atoms with van der Waals surface area (Å²) >= 11 is 3.29. The first-order chi connectivity index (χ1) is 7.22. The van der Waals surface area contributed by atoms with Crippen LogP contribution in [-0.4, -0.2) is 30.2 Å². The van der Waals surface area contributed by atoms with Crippen LogP contribution in [0.1, 0.15) is 6.92 Å². The number of aromatic nitrogens is 2. The van der Waals surface area contributed by atoms with Crippen molar-refractivity contribution in [3.05, 3.63) is 10.7 Å². The van der Waals surface area contributed by atoms with Crippen LogP contribution < -0.4 is 9.64 Å². The molecule has 0 saturated heterocycles. The van der Waals surface area contributed by atoms with E-state index in [0.717, 1.165) is 11.0 Å². The van der Waals surface area contributed by atoms with Gasteiger partial charge in [0.25, 0.3) is 0 Å². The molecule has 0 aliphatic rings. The molecule has 1 aromatic rings. The molecule has 0 aromatic carbocycles. The number of methoxy groups -OCH3 is 1. The van der Waals surface area contributed by atoms with Crippen molar-refractivity contribution in [1.82, 2.24) is 9.97 Å². The van der Waals surface area contributed by atoms with Crippen LogP contribution in [0.2, 0.25) is 0 Å². The Morgan fingerprint density at radius 3 is 2.93 bits per heavy atom. The molecule has 5 heteroatoms. The molecule has 1 rings (SSSR count). The molecule has 0 bridgehead atoms. The molecule has 0 atom stereocenters. The third kappa shape index (κ3) is 2.83. The fraction of sp³-hybridized carbons (Fsp3) is 0.400. The minimum absolute atomic E-state index is 0.487. The SMILES string of the molecule is C#CCN(CC)c1ncc(Br)c(OC)n1. The average Bonchev–Trinajstić information content (AvgIpc) is 2.27. The fourth-order valence-corrected chi connectivity index (χ4v) is 1.43. The van der Waals surface area contributed by atoms with Gasteiger partial charge >= 0.3 is 0 Å². The Hall–Kier alpha value is -1.28. The standard InChI is InChI=1S/C10H12BrN3O/c1-4-6-14(5-2)10-12-7-8(11)9(13-10)15-3/h1,7H,5-6H2,2-3H3. The quantitative estimate of drug-likeness (QED) is 0.781. The van der Waals surface area contributed by atoms with E-state index in [1.54, 1.807) is 13.3 Å². The number of terminal acetylenes is 1. The van der Waals surface area contributed by atoms with Crippen LogP contribution in [0.25, 0.3) is 0 Å². The van der Waals surface area contributed by atoms with Gasteiger partial charge < -0.3 is 9.64 Å². The second kappa shape index (κ2) is 5.56. The maximum Gasteiger partial charge on any atom is 0.232 e. The van der Waals surface area contributed by atoms with Gasteiger partial charge in [-0.15, -0.1) is 6.42 Å². The van der Waals surface area contributed by atoms with Crippen molar-refractivity contribution in [3.63, 3.8) is 0 Å². The fourth-order valence-electron chi connectivity index (χ4n) is 1.07. The van der Waals surface area contributed by atoms with Gasteiger partial charge in [0.15, 0.2) is 0 Å². The summed E-state index contributed by atoms with van der Waals surface area (Å²) in [4.78, 5) is 10.3. The number of halogens is 1. The predicted molar refractivity (Wildman–Crippen MR) is 63.0 cm³/mol. The lowest BCUT2D eigenvalue weighted by Crippen LogP contribution is -2.25. The van der Waals surface area contributed by atoms with E-state index in [2.05, 4.69) is 31.8 Å². The van der Waals surface area contributed by atoms with Crippen molar-refractivity contribution in [3.8, 4) is 18.2 Å². The van der Waals surface area contributed by atoms with Crippen molar-refractivity contribution >= 4 is 21.9 Å². The molecule has 4 nitrogen and oxygen atoms in total. The van der Waals surface area contributed by atoms with E-state index in [9.17, 15) is 0 Å². The first-order valence-electron chi connectivity index (χ1n) is 4.47. The smallest absolute Gasteiger partial charge is 0.232 e. The van der Waals surface area contributed by atoms with Gasteiger partial charge in [0, 0.05) is 6.54 Å². The first kappa shape index (κ1) is 11.8. The first-order valence-corrected chi connectivity index (χ1v) is 5.27. The molecule has 0 N–H and O–H groups in total. The number of hydrogen-bond donors (Lipinski definition) is 0. The van der Waals surface area contributed by atoms with Crippen LogP contribution in [0.15, 0.2) is 10.7 Å². The molecular weight excluding hydrogens is 258 g/mol. The topological polar surface area (TPSA) is 38.2 Å². The summed E-state index contributed by atoms with van der Waals surface area (Å²) in [5.74, 6) is 3.65. The van der Waals surface area contributed by atoms with Crippen molar-refractivity contribution in [1.29, 1.82) is 0 Å². The van der Waals surface area contributed by atoms with E-state index in [-0.39, 0.29) is 0 Å². The molecule has 0 aliphatic heterocycles. The Bertz CT molecular complexity index is 375. The molecular formula is C10H12BrN3O. The van der Waals surface area contributed by atoms with Gasteiger partial charge in [-0.05, 0) is 22.9 Å². The molecule has 1 aromatic heterocycles. The second-order valence-electron chi connectivity index (χ2n) is 2.75. The zero-order valence-corrected chi connectivity index (χ0v) is 10.3. The van der Waals surface area contributed by atoms with Crippen LogP contribution in [-0.2, 0) is 0 Å². The highest BCUT2D eigenvalue weighted by Gasteiger charge is 2.09. The van der Waals surface area contributed by atoms with Crippen molar-refractivity contribution in [2.75, 3.05) is 25.1 Å². The Labute approximate surface area is 97.8 Å². The molecule has 0 spiro atoms. The monoisotopic (exact) mass is 269 g/mol. The van der Waals surface area contributed by atoms with Gasteiger partial charge in [-0.2, -0.15) is 4.98 Å². The highest BCUT2D eigenvalue weighted by molar-refractivity contribution is 9.10. The lowest BCUT2D eigenvalue weighted by molar-refractivity contribution is 0.394. The number of hydrogen-bond acceptors (Lipinski definition) is 4. The van der Waals surface area contributed by atoms with E-state index < -0.39 is 0 Å². The summed E-state index contributed by atoms with van der Waals surface area (Å²) in [6.45, 7) is 3.24. The molecule has 0 unspecified atom stereocenters. The summed E-state index contributed by atoms with van der Waals surface area (Å²) < 4.78 is 5.81. The van der Waals surface area contributed by atoms with Gasteiger partial charge in [0.05, 0.1) is 24.3 Å². The largest absolute Gasteiger partial charge is 0.480 e. The van der Waals surface area contributed by atoms with Gasteiger partial charge in [-0.3, -0.25) is 0 Å². The summed E-state index contributed by atoms with van der Waals surface area (Å²) in [5.41, 5.74) is 0. The molecule has 0 amide bonds. The van der Waals surface area contributed by atoms with Gasteiger partial charge in [-0.25, -0.2) is 4.98 Å². The number of ether oxygens (including phenoxy) is 1.